The monoisotopic (exact) mass is 273 g/mol. The minimum atomic E-state index is -2.90. The Bertz CT molecular complexity index is 519. The molecule has 1 aromatic rings. The molecule has 4 nitrogen and oxygen atoms in total. The Morgan fingerprint density at radius 3 is 2.94 bits per heavy atom. The number of aromatic nitrogens is 1. The summed E-state index contributed by atoms with van der Waals surface area (Å²) >= 11 is 1.45. The van der Waals surface area contributed by atoms with Crippen molar-refractivity contribution < 1.29 is 13.2 Å². The highest BCUT2D eigenvalue weighted by molar-refractivity contribution is 7.92. The number of carbonyl (C=O) groups excluding carboxylic acids is 1. The fourth-order valence-corrected chi connectivity index (χ4v) is 5.07. The molecule has 1 aromatic heterocycles. The van der Waals surface area contributed by atoms with Gasteiger partial charge in [-0.2, -0.15) is 0 Å². The van der Waals surface area contributed by atoms with Crippen LogP contribution in [0.4, 0.5) is 0 Å². The van der Waals surface area contributed by atoms with Gasteiger partial charge in [0.2, 0.25) is 0 Å². The number of ketones is 1. The van der Waals surface area contributed by atoms with Gasteiger partial charge in [0.1, 0.15) is 5.78 Å². The molecule has 2 heterocycles. The lowest BCUT2D eigenvalue weighted by Gasteiger charge is -2.05. The molecule has 1 unspecified atom stereocenters. The van der Waals surface area contributed by atoms with Crippen LogP contribution in [0.25, 0.3) is 0 Å². The Kier molecular flexibility index (Phi) is 3.63. The van der Waals surface area contributed by atoms with Crippen LogP contribution in [-0.4, -0.2) is 30.2 Å². The van der Waals surface area contributed by atoms with Gasteiger partial charge in [-0.1, -0.05) is 0 Å². The summed E-state index contributed by atoms with van der Waals surface area (Å²) in [4.78, 5) is 16.1. The van der Waals surface area contributed by atoms with Gasteiger partial charge in [0.25, 0.3) is 0 Å². The molecule has 1 saturated heterocycles. The van der Waals surface area contributed by atoms with Gasteiger partial charge in [0.15, 0.2) is 9.84 Å². The second kappa shape index (κ2) is 4.86. The molecule has 1 fully saturated rings. The zero-order valence-electron chi connectivity index (χ0n) is 9.68. The van der Waals surface area contributed by atoms with Gasteiger partial charge < -0.3 is 0 Å². The highest BCUT2D eigenvalue weighted by Crippen LogP contribution is 2.25. The smallest absolute Gasteiger partial charge is 0.153 e. The molecule has 0 radical (unpaired) electrons. The summed E-state index contributed by atoms with van der Waals surface area (Å²) in [6.07, 6.45) is 4.09. The van der Waals surface area contributed by atoms with Crippen LogP contribution in [0.1, 0.15) is 29.7 Å². The summed E-state index contributed by atoms with van der Waals surface area (Å²) in [6, 6.07) is 0. The van der Waals surface area contributed by atoms with E-state index in [0.29, 0.717) is 18.6 Å². The molecule has 0 aromatic carbocycles. The van der Waals surface area contributed by atoms with Crippen LogP contribution in [0, 0.1) is 0 Å². The first-order valence-electron chi connectivity index (χ1n) is 5.62. The van der Waals surface area contributed by atoms with E-state index >= 15 is 0 Å². The van der Waals surface area contributed by atoms with E-state index in [1.54, 1.807) is 13.1 Å². The molecular formula is C11H15NO3S2. The third kappa shape index (κ3) is 3.13. The minimum absolute atomic E-state index is 0.105. The number of rotatable bonds is 4. The van der Waals surface area contributed by atoms with Gasteiger partial charge in [-0.25, -0.2) is 13.4 Å². The highest BCUT2D eigenvalue weighted by atomic mass is 32.2. The fourth-order valence-electron chi connectivity index (χ4n) is 2.05. The van der Waals surface area contributed by atoms with Crippen molar-refractivity contribution in [1.29, 1.82) is 0 Å². The van der Waals surface area contributed by atoms with E-state index in [0.717, 1.165) is 22.7 Å². The fraction of sp³-hybridized carbons (Fsp3) is 0.636. The molecule has 1 aliphatic rings. The van der Waals surface area contributed by atoms with Gasteiger partial charge in [-0.3, -0.25) is 4.79 Å². The maximum atomic E-state index is 11.7. The molecule has 17 heavy (non-hydrogen) atoms. The predicted molar refractivity (Wildman–Crippen MR) is 67.0 cm³/mol. The quantitative estimate of drug-likeness (QED) is 0.831. The maximum absolute atomic E-state index is 11.7. The third-order valence-electron chi connectivity index (χ3n) is 2.89. The number of carbonyl (C=O) groups is 1. The molecule has 94 valence electrons. The molecule has 0 aliphatic carbocycles. The van der Waals surface area contributed by atoms with E-state index in [2.05, 4.69) is 4.98 Å². The molecule has 6 heteroatoms. The van der Waals surface area contributed by atoms with Gasteiger partial charge in [-0.15, -0.1) is 11.3 Å². The molecule has 0 bridgehead atoms. The van der Waals surface area contributed by atoms with Gasteiger partial charge in [0, 0.05) is 23.9 Å². The predicted octanol–water partition coefficient (Wildman–Crippen LogP) is 1.39. The van der Waals surface area contributed by atoms with Crippen molar-refractivity contribution >= 4 is 27.0 Å². The van der Waals surface area contributed by atoms with Crippen LogP contribution in [-0.2, 0) is 27.5 Å². The molecule has 0 amide bonds. The van der Waals surface area contributed by atoms with Crippen molar-refractivity contribution in [2.24, 2.45) is 0 Å². The van der Waals surface area contributed by atoms with Crippen LogP contribution in [0.5, 0.6) is 0 Å². The molecule has 1 atom stereocenters. The largest absolute Gasteiger partial charge is 0.300 e. The molecule has 0 N–H and O–H groups in total. The number of Topliss-reactive ketones (excluding diaryl/α,β-unsaturated/α-hetero) is 1. The van der Waals surface area contributed by atoms with Crippen LogP contribution in [0.15, 0.2) is 6.20 Å². The standard InChI is InChI=1S/C11H15NO3S2/c1-8(13)5-9-7-12-11(16-9)6-10-3-2-4-17(10,14)15/h7,10H,2-6H2,1H3. The Morgan fingerprint density at radius 2 is 2.35 bits per heavy atom. The number of nitrogens with zero attached hydrogens (tertiary/aromatic N) is 1. The summed E-state index contributed by atoms with van der Waals surface area (Å²) in [5.74, 6) is 0.414. The van der Waals surface area contributed by atoms with Crippen LogP contribution < -0.4 is 0 Å². The Hall–Kier alpha value is -0.750. The van der Waals surface area contributed by atoms with E-state index in [9.17, 15) is 13.2 Å². The molecular weight excluding hydrogens is 258 g/mol. The van der Waals surface area contributed by atoms with Crippen LogP contribution in [0.2, 0.25) is 0 Å². The lowest BCUT2D eigenvalue weighted by molar-refractivity contribution is -0.116. The van der Waals surface area contributed by atoms with Gasteiger partial charge in [-0.05, 0) is 19.8 Å². The van der Waals surface area contributed by atoms with Crippen molar-refractivity contribution in [2.75, 3.05) is 5.75 Å². The lowest BCUT2D eigenvalue weighted by Crippen LogP contribution is -2.18. The second-order valence-corrected chi connectivity index (χ2v) is 8.03. The van der Waals surface area contributed by atoms with Crippen LogP contribution in [0.3, 0.4) is 0 Å². The van der Waals surface area contributed by atoms with Crippen molar-refractivity contribution in [1.82, 2.24) is 4.98 Å². The summed E-state index contributed by atoms with van der Waals surface area (Å²) in [7, 11) is -2.90. The Morgan fingerprint density at radius 1 is 1.59 bits per heavy atom. The summed E-state index contributed by atoms with van der Waals surface area (Å²) in [5, 5.41) is 0.565. The average Bonchev–Trinajstić information content (AvgIpc) is 2.75. The Labute approximate surface area is 105 Å². The van der Waals surface area contributed by atoms with E-state index in [1.165, 1.54) is 11.3 Å². The Balaban J connectivity index is 2.04. The van der Waals surface area contributed by atoms with Crippen molar-refractivity contribution in [2.45, 2.75) is 37.9 Å². The topological polar surface area (TPSA) is 64.1 Å². The number of hydrogen-bond acceptors (Lipinski definition) is 5. The highest BCUT2D eigenvalue weighted by Gasteiger charge is 2.31. The van der Waals surface area contributed by atoms with E-state index < -0.39 is 9.84 Å². The zero-order chi connectivity index (χ0) is 12.5. The number of thiazole rings is 1. The molecule has 1 aliphatic heterocycles. The SMILES string of the molecule is CC(=O)Cc1cnc(CC2CCCS2(=O)=O)s1. The van der Waals surface area contributed by atoms with Crippen molar-refractivity contribution in [3.05, 3.63) is 16.1 Å². The van der Waals surface area contributed by atoms with E-state index in [4.69, 9.17) is 0 Å². The first kappa shape index (κ1) is 12.7. The summed E-state index contributed by atoms with van der Waals surface area (Å²) in [5.41, 5.74) is 0. The summed E-state index contributed by atoms with van der Waals surface area (Å²) in [6.45, 7) is 1.54. The van der Waals surface area contributed by atoms with Gasteiger partial charge >= 0.3 is 0 Å². The van der Waals surface area contributed by atoms with E-state index in [1.807, 2.05) is 0 Å². The summed E-state index contributed by atoms with van der Waals surface area (Å²) < 4.78 is 23.3. The van der Waals surface area contributed by atoms with Crippen LogP contribution >= 0.6 is 11.3 Å². The van der Waals surface area contributed by atoms with Gasteiger partial charge in [0.05, 0.1) is 16.0 Å². The minimum Gasteiger partial charge on any atom is -0.300 e. The lowest BCUT2D eigenvalue weighted by atomic mass is 10.2. The second-order valence-electron chi connectivity index (χ2n) is 4.43. The molecule has 0 spiro atoms. The van der Waals surface area contributed by atoms with E-state index in [-0.39, 0.29) is 11.0 Å². The zero-order valence-corrected chi connectivity index (χ0v) is 11.3. The van der Waals surface area contributed by atoms with Crippen molar-refractivity contribution in [3.8, 4) is 0 Å². The number of hydrogen-bond donors (Lipinski definition) is 0. The van der Waals surface area contributed by atoms with Crippen molar-refractivity contribution in [3.63, 3.8) is 0 Å². The first-order valence-corrected chi connectivity index (χ1v) is 8.15. The normalized spacial score (nSPS) is 22.8. The maximum Gasteiger partial charge on any atom is 0.153 e. The third-order valence-corrected chi connectivity index (χ3v) is 6.19. The average molecular weight is 273 g/mol. The molecule has 2 rings (SSSR count). The number of sulfone groups is 1. The first-order chi connectivity index (χ1) is 7.97. The molecule has 0 saturated carbocycles.